The molecule has 0 aliphatic carbocycles. The van der Waals surface area contributed by atoms with Crippen LogP contribution in [0.4, 0.5) is 4.39 Å². The zero-order valence-electron chi connectivity index (χ0n) is 8.42. The predicted molar refractivity (Wildman–Crippen MR) is 53.6 cm³/mol. The number of nitrogens with one attached hydrogen (secondary N) is 1. The lowest BCUT2D eigenvalue weighted by molar-refractivity contribution is 0.0873. The maximum Gasteiger partial charge on any atom is 0.175 e. The molecule has 3 nitrogen and oxygen atoms in total. The summed E-state index contributed by atoms with van der Waals surface area (Å²) in [5, 5.41) is 2.99. The first-order chi connectivity index (χ1) is 7.24. The van der Waals surface area contributed by atoms with E-state index in [1.165, 1.54) is 19.2 Å². The van der Waals surface area contributed by atoms with E-state index < -0.39 is 5.82 Å². The van der Waals surface area contributed by atoms with Gasteiger partial charge in [0.2, 0.25) is 0 Å². The highest BCUT2D eigenvalue weighted by Crippen LogP contribution is 2.23. The molecule has 1 fully saturated rings. The molecule has 0 unspecified atom stereocenters. The van der Waals surface area contributed by atoms with Crippen LogP contribution >= 0.6 is 0 Å². The van der Waals surface area contributed by atoms with Crippen LogP contribution in [0, 0.1) is 11.7 Å². The molecule has 0 atom stereocenters. The first-order valence-electron chi connectivity index (χ1n) is 4.81. The van der Waals surface area contributed by atoms with Crippen molar-refractivity contribution in [3.63, 3.8) is 0 Å². The number of benzene rings is 1. The zero-order valence-corrected chi connectivity index (χ0v) is 8.42. The van der Waals surface area contributed by atoms with Crippen LogP contribution in [0.3, 0.4) is 0 Å². The molecular formula is C11H12FNO2. The molecule has 0 saturated carbocycles. The normalized spacial score (nSPS) is 15.9. The fourth-order valence-electron chi connectivity index (χ4n) is 1.55. The molecule has 1 aliphatic rings. The van der Waals surface area contributed by atoms with Crippen LogP contribution in [-0.2, 0) is 0 Å². The van der Waals surface area contributed by atoms with Crippen molar-refractivity contribution in [2.24, 2.45) is 5.92 Å². The third-order valence-corrected chi connectivity index (χ3v) is 2.60. The summed E-state index contributed by atoms with van der Waals surface area (Å²) in [6.45, 7) is 1.27. The Bertz CT molecular complexity index is 388. The molecule has 0 radical (unpaired) electrons. The Morgan fingerprint density at radius 3 is 2.80 bits per heavy atom. The topological polar surface area (TPSA) is 38.3 Å². The summed E-state index contributed by atoms with van der Waals surface area (Å²) in [4.78, 5) is 11.8. The van der Waals surface area contributed by atoms with E-state index in [0.717, 1.165) is 0 Å². The first-order valence-corrected chi connectivity index (χ1v) is 4.81. The lowest BCUT2D eigenvalue weighted by atomic mass is 9.92. The summed E-state index contributed by atoms with van der Waals surface area (Å²) in [5.41, 5.74) is 0.126. The number of Topliss-reactive ketones (excluding diaryl/α,β-unsaturated/α-hetero) is 1. The summed E-state index contributed by atoms with van der Waals surface area (Å²) >= 11 is 0. The molecule has 1 saturated heterocycles. The Morgan fingerprint density at radius 1 is 1.53 bits per heavy atom. The van der Waals surface area contributed by atoms with Gasteiger partial charge in [0.25, 0.3) is 0 Å². The lowest BCUT2D eigenvalue weighted by Crippen LogP contribution is -2.46. The number of hydrogen-bond donors (Lipinski definition) is 1. The maximum absolute atomic E-state index is 13.7. The Labute approximate surface area is 87.2 Å². The van der Waals surface area contributed by atoms with Gasteiger partial charge in [-0.05, 0) is 12.1 Å². The Hall–Kier alpha value is -1.42. The molecule has 80 valence electrons. The quantitative estimate of drug-likeness (QED) is 0.761. The molecule has 1 aliphatic heterocycles. The highest BCUT2D eigenvalue weighted by Gasteiger charge is 2.28. The third-order valence-electron chi connectivity index (χ3n) is 2.60. The Balaban J connectivity index is 2.30. The van der Waals surface area contributed by atoms with Gasteiger partial charge >= 0.3 is 0 Å². The fraction of sp³-hybridized carbons (Fsp3) is 0.364. The number of carbonyl (C=O) groups excluding carboxylic acids is 1. The monoisotopic (exact) mass is 209 g/mol. The number of carbonyl (C=O) groups is 1. The van der Waals surface area contributed by atoms with E-state index in [0.29, 0.717) is 13.1 Å². The second-order valence-electron chi connectivity index (χ2n) is 3.54. The fourth-order valence-corrected chi connectivity index (χ4v) is 1.55. The van der Waals surface area contributed by atoms with Crippen molar-refractivity contribution in [3.8, 4) is 5.75 Å². The first kappa shape index (κ1) is 10.1. The number of hydrogen-bond acceptors (Lipinski definition) is 3. The summed E-state index contributed by atoms with van der Waals surface area (Å²) in [5.74, 6) is -0.679. The summed E-state index contributed by atoms with van der Waals surface area (Å²) in [6.07, 6.45) is 0. The van der Waals surface area contributed by atoms with E-state index in [4.69, 9.17) is 4.74 Å². The summed E-state index contributed by atoms with van der Waals surface area (Å²) in [7, 11) is 1.39. The molecule has 1 heterocycles. The lowest BCUT2D eigenvalue weighted by Gasteiger charge is -2.25. The second-order valence-corrected chi connectivity index (χ2v) is 3.54. The van der Waals surface area contributed by atoms with Gasteiger partial charge in [-0.1, -0.05) is 6.07 Å². The van der Waals surface area contributed by atoms with Crippen LogP contribution in [-0.4, -0.2) is 26.0 Å². The second kappa shape index (κ2) is 3.98. The zero-order chi connectivity index (χ0) is 10.8. The minimum absolute atomic E-state index is 0.0911. The van der Waals surface area contributed by atoms with Crippen molar-refractivity contribution in [2.75, 3.05) is 20.2 Å². The van der Waals surface area contributed by atoms with Crippen molar-refractivity contribution in [2.45, 2.75) is 0 Å². The molecule has 1 aromatic rings. The van der Waals surface area contributed by atoms with Gasteiger partial charge in [0.05, 0.1) is 12.7 Å². The largest absolute Gasteiger partial charge is 0.494 e. The molecule has 2 rings (SSSR count). The predicted octanol–water partition coefficient (Wildman–Crippen LogP) is 1.24. The molecular weight excluding hydrogens is 197 g/mol. The van der Waals surface area contributed by atoms with Gasteiger partial charge < -0.3 is 10.1 Å². The summed E-state index contributed by atoms with van der Waals surface area (Å²) < 4.78 is 18.5. The molecule has 0 bridgehead atoms. The van der Waals surface area contributed by atoms with Crippen molar-refractivity contribution < 1.29 is 13.9 Å². The molecule has 15 heavy (non-hydrogen) atoms. The Kier molecular flexibility index (Phi) is 2.68. The van der Waals surface area contributed by atoms with Crippen molar-refractivity contribution >= 4 is 5.78 Å². The van der Waals surface area contributed by atoms with Gasteiger partial charge in [-0.3, -0.25) is 4.79 Å². The molecule has 0 amide bonds. The maximum atomic E-state index is 13.7. The van der Waals surface area contributed by atoms with Crippen LogP contribution in [0.25, 0.3) is 0 Å². The van der Waals surface area contributed by atoms with Crippen LogP contribution in [0.15, 0.2) is 18.2 Å². The van der Waals surface area contributed by atoms with Gasteiger partial charge in [0.15, 0.2) is 17.3 Å². The number of ether oxygens (including phenoxy) is 1. The van der Waals surface area contributed by atoms with Crippen molar-refractivity contribution in [1.82, 2.24) is 5.32 Å². The van der Waals surface area contributed by atoms with Gasteiger partial charge in [0.1, 0.15) is 0 Å². The van der Waals surface area contributed by atoms with E-state index in [9.17, 15) is 9.18 Å². The van der Waals surface area contributed by atoms with Crippen molar-refractivity contribution in [3.05, 3.63) is 29.6 Å². The third kappa shape index (κ3) is 1.72. The van der Waals surface area contributed by atoms with Crippen LogP contribution < -0.4 is 10.1 Å². The smallest absolute Gasteiger partial charge is 0.175 e. The minimum Gasteiger partial charge on any atom is -0.494 e. The van der Waals surface area contributed by atoms with Gasteiger partial charge in [-0.25, -0.2) is 4.39 Å². The molecule has 4 heteroatoms. The molecule has 0 spiro atoms. The van der Waals surface area contributed by atoms with Crippen LogP contribution in [0.2, 0.25) is 0 Å². The van der Waals surface area contributed by atoms with E-state index in [1.54, 1.807) is 6.07 Å². The Morgan fingerprint density at radius 2 is 2.27 bits per heavy atom. The number of ketones is 1. The standard InChI is InChI=1S/C11H12FNO2/c1-15-9-4-2-3-8(10(9)12)11(14)7-5-13-6-7/h2-4,7,13H,5-6H2,1H3. The molecule has 0 aromatic heterocycles. The average molecular weight is 209 g/mol. The molecule has 1 aromatic carbocycles. The van der Waals surface area contributed by atoms with E-state index in [-0.39, 0.29) is 23.0 Å². The highest BCUT2D eigenvalue weighted by molar-refractivity contribution is 5.99. The van der Waals surface area contributed by atoms with Crippen LogP contribution in [0.5, 0.6) is 5.75 Å². The van der Waals surface area contributed by atoms with E-state index in [1.807, 2.05) is 0 Å². The van der Waals surface area contributed by atoms with E-state index >= 15 is 0 Å². The van der Waals surface area contributed by atoms with Gasteiger partial charge in [-0.15, -0.1) is 0 Å². The summed E-state index contributed by atoms with van der Waals surface area (Å²) in [6, 6.07) is 4.63. The number of methoxy groups -OCH3 is 1. The molecule has 1 N–H and O–H groups in total. The van der Waals surface area contributed by atoms with Gasteiger partial charge in [-0.2, -0.15) is 0 Å². The van der Waals surface area contributed by atoms with Crippen molar-refractivity contribution in [1.29, 1.82) is 0 Å². The average Bonchev–Trinajstić information content (AvgIpc) is 2.15. The number of halogens is 1. The van der Waals surface area contributed by atoms with E-state index in [2.05, 4.69) is 5.32 Å². The highest BCUT2D eigenvalue weighted by atomic mass is 19.1. The van der Waals surface area contributed by atoms with Crippen LogP contribution in [0.1, 0.15) is 10.4 Å². The van der Waals surface area contributed by atoms with Gasteiger partial charge in [0, 0.05) is 19.0 Å². The number of rotatable bonds is 3. The SMILES string of the molecule is COc1cccc(C(=O)C2CNC2)c1F. The minimum atomic E-state index is -0.558.